The molecule has 0 spiro atoms. The molecule has 0 aliphatic heterocycles. The van der Waals surface area contributed by atoms with Gasteiger partial charge < -0.3 is 23.8 Å². The van der Waals surface area contributed by atoms with Gasteiger partial charge in [0, 0.05) is 19.3 Å². The van der Waals surface area contributed by atoms with Gasteiger partial charge in [0.15, 0.2) is 12.1 Å². The van der Waals surface area contributed by atoms with Gasteiger partial charge in [-0.05, 0) is 32.1 Å². The molecule has 2 unspecified atom stereocenters. The van der Waals surface area contributed by atoms with Crippen molar-refractivity contribution in [3.8, 4) is 0 Å². The number of likely N-dealkylation sites (N-methyl/N-ethyl adjacent to an activating group) is 1. The molecule has 8 nitrogen and oxygen atoms in total. The Hall–Kier alpha value is -1.93. The lowest BCUT2D eigenvalue weighted by molar-refractivity contribution is -0.887. The van der Waals surface area contributed by atoms with Crippen molar-refractivity contribution >= 4 is 17.9 Å². The van der Waals surface area contributed by atoms with Gasteiger partial charge >= 0.3 is 17.9 Å². The molecule has 0 aliphatic carbocycles. The molecule has 0 saturated heterocycles. The maximum Gasteiger partial charge on any atom is 0.362 e. The van der Waals surface area contributed by atoms with Crippen LogP contribution in [0, 0.1) is 0 Å². The maximum atomic E-state index is 12.6. The molecule has 0 rings (SSSR count). The quantitative estimate of drug-likeness (QED) is 0.0315. The average Bonchev–Trinajstić information content (AvgIpc) is 3.01. The molecule has 0 radical (unpaired) electrons. The van der Waals surface area contributed by atoms with E-state index in [4.69, 9.17) is 14.2 Å². The highest BCUT2D eigenvalue weighted by molar-refractivity contribution is 5.72. The van der Waals surface area contributed by atoms with Crippen molar-refractivity contribution in [2.75, 3.05) is 41.0 Å². The molecule has 0 aromatic heterocycles. The highest BCUT2D eigenvalue weighted by atomic mass is 16.6. The minimum Gasteiger partial charge on any atom is -0.477 e. The molecule has 0 heterocycles. The topological polar surface area (TPSA) is 99.1 Å². The highest BCUT2D eigenvalue weighted by Crippen LogP contribution is 2.14. The second-order valence-electron chi connectivity index (χ2n) is 14.2. The first-order valence-corrected chi connectivity index (χ1v) is 19.2. The predicted molar refractivity (Wildman–Crippen MR) is 192 cm³/mol. The number of esters is 2. The third-order valence-corrected chi connectivity index (χ3v) is 8.65. The van der Waals surface area contributed by atoms with Crippen molar-refractivity contribution in [1.82, 2.24) is 0 Å². The van der Waals surface area contributed by atoms with Gasteiger partial charge in [-0.3, -0.25) is 9.59 Å². The third kappa shape index (κ3) is 29.9. The number of hydrogen-bond acceptors (Lipinski definition) is 6. The van der Waals surface area contributed by atoms with Crippen LogP contribution in [0.1, 0.15) is 168 Å². The molecule has 8 heteroatoms. The van der Waals surface area contributed by atoms with Gasteiger partial charge in [-0.15, -0.1) is 0 Å². The van der Waals surface area contributed by atoms with Crippen LogP contribution in [0.15, 0.2) is 12.2 Å². The molecule has 276 valence electrons. The lowest BCUT2D eigenvalue weighted by Gasteiger charge is -2.31. The standard InChI is InChI=1S/C39H73NO7/c1-6-8-10-12-14-16-18-19-20-22-23-25-27-29-37(41)46-34-35(33-45-32-31-36(39(43)44)40(3,4)5)47-38(42)30-28-26-24-21-17-15-13-11-9-7-2/h11,13,35-36H,6-10,12,14-34H2,1-5H3/p+1/b13-11-. The van der Waals surface area contributed by atoms with Crippen LogP contribution >= 0.6 is 0 Å². The maximum absolute atomic E-state index is 12.6. The first-order valence-electron chi connectivity index (χ1n) is 19.2. The Kier molecular flexibility index (Phi) is 30.1. The van der Waals surface area contributed by atoms with Crippen molar-refractivity contribution < 1.29 is 38.2 Å². The molecule has 2 atom stereocenters. The van der Waals surface area contributed by atoms with Crippen molar-refractivity contribution in [3.05, 3.63) is 12.2 Å². The summed E-state index contributed by atoms with van der Waals surface area (Å²) in [6.45, 7) is 4.66. The second kappa shape index (κ2) is 31.3. The minimum absolute atomic E-state index is 0.0493. The number of hydrogen-bond donors (Lipinski definition) is 1. The van der Waals surface area contributed by atoms with Gasteiger partial charge in [0.25, 0.3) is 0 Å². The molecule has 0 aliphatic rings. The summed E-state index contributed by atoms with van der Waals surface area (Å²) in [6.07, 6.45) is 29.6. The van der Waals surface area contributed by atoms with Crippen LogP contribution in [0.25, 0.3) is 0 Å². The number of unbranched alkanes of at least 4 members (excludes halogenated alkanes) is 18. The van der Waals surface area contributed by atoms with E-state index >= 15 is 0 Å². The zero-order chi connectivity index (χ0) is 35.0. The summed E-state index contributed by atoms with van der Waals surface area (Å²) in [5, 5.41) is 9.57. The molecule has 0 aromatic rings. The summed E-state index contributed by atoms with van der Waals surface area (Å²) in [7, 11) is 5.51. The van der Waals surface area contributed by atoms with E-state index in [0.29, 0.717) is 19.3 Å². The molecular weight excluding hydrogens is 594 g/mol. The van der Waals surface area contributed by atoms with Crippen molar-refractivity contribution in [2.45, 2.75) is 180 Å². The number of quaternary nitrogens is 1. The van der Waals surface area contributed by atoms with E-state index in [0.717, 1.165) is 57.8 Å². The van der Waals surface area contributed by atoms with E-state index in [1.807, 2.05) is 21.1 Å². The summed E-state index contributed by atoms with van der Waals surface area (Å²) in [5.41, 5.74) is 0. The number of carbonyl (C=O) groups excluding carboxylic acids is 2. The van der Waals surface area contributed by atoms with E-state index in [2.05, 4.69) is 26.0 Å². The molecule has 0 aromatic carbocycles. The monoisotopic (exact) mass is 669 g/mol. The first-order chi connectivity index (χ1) is 22.6. The lowest BCUT2D eigenvalue weighted by Crippen LogP contribution is -2.50. The first kappa shape index (κ1) is 45.1. The van der Waals surface area contributed by atoms with Gasteiger partial charge in [0.1, 0.15) is 6.61 Å². The van der Waals surface area contributed by atoms with Crippen molar-refractivity contribution in [3.63, 3.8) is 0 Å². The number of allylic oxidation sites excluding steroid dienone is 2. The Labute approximate surface area is 289 Å². The molecule has 1 N–H and O–H groups in total. The zero-order valence-electron chi connectivity index (χ0n) is 31.2. The molecule has 47 heavy (non-hydrogen) atoms. The molecule has 0 saturated carbocycles. The normalized spacial score (nSPS) is 13.1. The number of rotatable bonds is 34. The number of ether oxygens (including phenoxy) is 3. The predicted octanol–water partition coefficient (Wildman–Crippen LogP) is 9.58. The number of carbonyl (C=O) groups is 3. The van der Waals surface area contributed by atoms with Crippen molar-refractivity contribution in [1.29, 1.82) is 0 Å². The molecule has 0 amide bonds. The average molecular weight is 669 g/mol. The Bertz CT molecular complexity index is 793. The Morgan fingerprint density at radius 1 is 0.617 bits per heavy atom. The summed E-state index contributed by atoms with van der Waals surface area (Å²) in [4.78, 5) is 36.7. The van der Waals surface area contributed by atoms with E-state index in [9.17, 15) is 19.5 Å². The van der Waals surface area contributed by atoms with Crippen LogP contribution in [-0.2, 0) is 28.6 Å². The Morgan fingerprint density at radius 2 is 1.11 bits per heavy atom. The fourth-order valence-corrected chi connectivity index (χ4v) is 5.62. The van der Waals surface area contributed by atoms with Crippen LogP contribution in [0.4, 0.5) is 0 Å². The molecule has 0 fully saturated rings. The summed E-state index contributed by atoms with van der Waals surface area (Å²) in [5.74, 6) is -1.47. The number of carboxylic acids is 1. The van der Waals surface area contributed by atoms with Gasteiger partial charge in [0.05, 0.1) is 34.4 Å². The highest BCUT2D eigenvalue weighted by Gasteiger charge is 2.31. The third-order valence-electron chi connectivity index (χ3n) is 8.65. The zero-order valence-corrected chi connectivity index (χ0v) is 31.2. The number of carboxylic acid groups (broad SMARTS) is 1. The van der Waals surface area contributed by atoms with Crippen molar-refractivity contribution in [2.24, 2.45) is 0 Å². The van der Waals surface area contributed by atoms with Crippen LogP contribution in [-0.4, -0.2) is 80.6 Å². The van der Waals surface area contributed by atoms with Crippen LogP contribution in [0.2, 0.25) is 0 Å². The van der Waals surface area contributed by atoms with E-state index < -0.39 is 18.1 Å². The number of aliphatic carboxylic acids is 1. The van der Waals surface area contributed by atoms with Gasteiger partial charge in [0.2, 0.25) is 0 Å². The smallest absolute Gasteiger partial charge is 0.362 e. The fraction of sp³-hybridized carbons (Fsp3) is 0.872. The van der Waals surface area contributed by atoms with Gasteiger partial charge in [-0.25, -0.2) is 4.79 Å². The Balaban J connectivity index is 4.39. The van der Waals surface area contributed by atoms with Crippen LogP contribution in [0.5, 0.6) is 0 Å². The lowest BCUT2D eigenvalue weighted by atomic mass is 10.0. The molecule has 0 bridgehead atoms. The largest absolute Gasteiger partial charge is 0.477 e. The SMILES string of the molecule is CCC/C=C\CCCCCCCC(=O)OC(COCCC(C(=O)O)[N+](C)(C)C)COC(=O)CCCCCCCCCCCCCCC. The van der Waals surface area contributed by atoms with Gasteiger partial charge in [-0.1, -0.05) is 129 Å². The molecular formula is C39H74NO7+. The summed E-state index contributed by atoms with van der Waals surface area (Å²) >= 11 is 0. The van der Waals surface area contributed by atoms with E-state index in [-0.39, 0.29) is 36.2 Å². The van der Waals surface area contributed by atoms with E-state index in [1.54, 1.807) is 0 Å². The summed E-state index contributed by atoms with van der Waals surface area (Å²) in [6, 6.07) is -0.610. The van der Waals surface area contributed by atoms with Crippen LogP contribution in [0.3, 0.4) is 0 Å². The minimum atomic E-state index is -0.876. The number of nitrogens with zero attached hydrogens (tertiary/aromatic N) is 1. The van der Waals surface area contributed by atoms with Gasteiger partial charge in [-0.2, -0.15) is 0 Å². The van der Waals surface area contributed by atoms with E-state index in [1.165, 1.54) is 77.0 Å². The van der Waals surface area contributed by atoms with Crippen LogP contribution < -0.4 is 0 Å². The fourth-order valence-electron chi connectivity index (χ4n) is 5.62. The second-order valence-corrected chi connectivity index (χ2v) is 14.2. The Morgan fingerprint density at radius 3 is 1.62 bits per heavy atom. The summed E-state index contributed by atoms with van der Waals surface area (Å²) < 4.78 is 17.2.